The molecule has 138 valence electrons. The second-order valence-corrected chi connectivity index (χ2v) is 7.55. The average molecular weight is 352 g/mol. The van der Waals surface area contributed by atoms with Gasteiger partial charge in [-0.2, -0.15) is 0 Å². The third-order valence-electron chi connectivity index (χ3n) is 3.09. The van der Waals surface area contributed by atoms with E-state index in [9.17, 15) is 9.36 Å². The molecule has 0 spiro atoms. The van der Waals surface area contributed by atoms with Gasteiger partial charge in [-0.05, 0) is 19.3 Å². The lowest BCUT2D eigenvalue weighted by Gasteiger charge is -2.18. The van der Waals surface area contributed by atoms with E-state index in [-0.39, 0.29) is 13.2 Å². The first-order valence-electron chi connectivity index (χ1n) is 8.75. The Hall–Kier alpha value is -0.580. The quantitative estimate of drug-likeness (QED) is 0.230. The second kappa shape index (κ2) is 15.0. The van der Waals surface area contributed by atoms with Crippen LogP contribution in [0.15, 0.2) is 0 Å². The molecule has 0 aromatic rings. The van der Waals surface area contributed by atoms with Crippen molar-refractivity contribution in [2.24, 2.45) is 0 Å². The minimum atomic E-state index is -3.02. The number of carbonyl (C=O) groups is 1. The first kappa shape index (κ1) is 22.4. The van der Waals surface area contributed by atoms with Gasteiger partial charge in [-0.25, -0.2) is 4.79 Å². The van der Waals surface area contributed by atoms with Crippen molar-refractivity contribution in [3.05, 3.63) is 0 Å². The number of hydrogen-bond acceptors (Lipinski definition) is 6. The Kier molecular flexibility index (Phi) is 14.6. The lowest BCUT2D eigenvalue weighted by Crippen LogP contribution is -2.11. The molecule has 1 atom stereocenters. The summed E-state index contributed by atoms with van der Waals surface area (Å²) in [5, 5.41) is 0. The molecule has 0 N–H and O–H groups in total. The van der Waals surface area contributed by atoms with Crippen LogP contribution in [-0.4, -0.2) is 38.7 Å². The minimum Gasteiger partial charge on any atom is -0.434 e. The van der Waals surface area contributed by atoms with E-state index in [4.69, 9.17) is 18.5 Å². The largest absolute Gasteiger partial charge is 0.508 e. The molecule has 0 rings (SSSR count). The Bertz CT molecular complexity index is 335. The van der Waals surface area contributed by atoms with Gasteiger partial charge in [0.1, 0.15) is 0 Å². The molecule has 1 unspecified atom stereocenters. The molecule has 0 aromatic heterocycles. The van der Waals surface area contributed by atoms with E-state index in [0.717, 1.165) is 38.5 Å². The van der Waals surface area contributed by atoms with E-state index in [2.05, 4.69) is 6.92 Å². The van der Waals surface area contributed by atoms with Crippen molar-refractivity contribution in [1.29, 1.82) is 0 Å². The van der Waals surface area contributed by atoms with Crippen molar-refractivity contribution in [2.75, 3.05) is 32.6 Å². The highest BCUT2D eigenvalue weighted by atomic mass is 31.2. The van der Waals surface area contributed by atoms with Crippen LogP contribution in [0.3, 0.4) is 0 Å². The van der Waals surface area contributed by atoms with E-state index in [0.29, 0.717) is 25.8 Å². The Morgan fingerprint density at radius 2 is 1.22 bits per heavy atom. The molecule has 0 aliphatic rings. The highest BCUT2D eigenvalue weighted by molar-refractivity contribution is 7.53. The Balaban J connectivity index is 3.88. The Morgan fingerprint density at radius 1 is 0.739 bits per heavy atom. The van der Waals surface area contributed by atoms with Crippen LogP contribution < -0.4 is 0 Å². The van der Waals surface area contributed by atoms with E-state index < -0.39 is 13.8 Å². The molecule has 0 aromatic carbocycles. The fourth-order valence-corrected chi connectivity index (χ4v) is 3.48. The predicted octanol–water partition coefficient (Wildman–Crippen LogP) is 5.16. The molecule has 0 fully saturated rings. The van der Waals surface area contributed by atoms with Gasteiger partial charge in [-0.1, -0.05) is 40.0 Å². The van der Waals surface area contributed by atoms with Crippen LogP contribution in [0, 0.1) is 0 Å². The summed E-state index contributed by atoms with van der Waals surface area (Å²) in [5.74, 6) is 0. The molecule has 0 bridgehead atoms. The van der Waals surface area contributed by atoms with Crippen LogP contribution in [0.1, 0.15) is 65.7 Å². The highest BCUT2D eigenvalue weighted by Crippen LogP contribution is 2.49. The molecule has 0 radical (unpaired) electrons. The van der Waals surface area contributed by atoms with Crippen LogP contribution in [0.4, 0.5) is 4.79 Å². The molecule has 23 heavy (non-hydrogen) atoms. The van der Waals surface area contributed by atoms with Gasteiger partial charge in [-0.3, -0.25) is 4.57 Å². The number of ether oxygens (including phenoxy) is 2. The fraction of sp³-hybridized carbons (Fsp3) is 0.938. The molecule has 0 saturated heterocycles. The van der Waals surface area contributed by atoms with Gasteiger partial charge in [0, 0.05) is 6.42 Å². The molecular weight excluding hydrogens is 319 g/mol. The van der Waals surface area contributed by atoms with E-state index in [1.54, 1.807) is 0 Å². The molecule has 0 heterocycles. The number of hydrogen-bond donors (Lipinski definition) is 0. The van der Waals surface area contributed by atoms with Crippen LogP contribution >= 0.6 is 7.60 Å². The molecule has 6 nitrogen and oxygen atoms in total. The highest BCUT2D eigenvalue weighted by Gasteiger charge is 2.23. The second-order valence-electron chi connectivity index (χ2n) is 5.36. The van der Waals surface area contributed by atoms with Gasteiger partial charge in [0.25, 0.3) is 0 Å². The number of carbonyl (C=O) groups excluding carboxylic acids is 1. The van der Waals surface area contributed by atoms with Crippen molar-refractivity contribution in [3.63, 3.8) is 0 Å². The van der Waals surface area contributed by atoms with Crippen molar-refractivity contribution in [3.8, 4) is 0 Å². The van der Waals surface area contributed by atoms with E-state index >= 15 is 0 Å². The Labute approximate surface area is 140 Å². The van der Waals surface area contributed by atoms with Gasteiger partial charge in [0.2, 0.25) is 0 Å². The van der Waals surface area contributed by atoms with Crippen LogP contribution in [0.5, 0.6) is 0 Å². The zero-order valence-electron chi connectivity index (χ0n) is 14.9. The third kappa shape index (κ3) is 13.5. The summed E-state index contributed by atoms with van der Waals surface area (Å²) in [6.45, 7) is 7.38. The van der Waals surface area contributed by atoms with Crippen molar-refractivity contribution in [1.82, 2.24) is 0 Å². The molecule has 0 aliphatic heterocycles. The van der Waals surface area contributed by atoms with Crippen LogP contribution in [0.25, 0.3) is 0 Å². The lowest BCUT2D eigenvalue weighted by molar-refractivity contribution is 0.0507. The van der Waals surface area contributed by atoms with E-state index in [1.807, 2.05) is 13.8 Å². The van der Waals surface area contributed by atoms with Gasteiger partial charge in [0.15, 0.2) is 0 Å². The van der Waals surface area contributed by atoms with E-state index in [1.165, 1.54) is 0 Å². The first-order valence-corrected chi connectivity index (χ1v) is 10.5. The summed E-state index contributed by atoms with van der Waals surface area (Å²) < 4.78 is 33.2. The first-order chi connectivity index (χ1) is 11.1. The van der Waals surface area contributed by atoms with Gasteiger partial charge in [0.05, 0.1) is 32.6 Å². The van der Waals surface area contributed by atoms with Crippen LogP contribution in [0.2, 0.25) is 0 Å². The summed E-state index contributed by atoms with van der Waals surface area (Å²) in [6, 6.07) is 0. The van der Waals surface area contributed by atoms with Crippen molar-refractivity contribution in [2.45, 2.75) is 65.7 Å². The SMILES string of the molecule is CCCCOC(=O)OCCCOP(=O)(CCCC)OCCCC. The number of rotatable bonds is 15. The summed E-state index contributed by atoms with van der Waals surface area (Å²) in [7, 11) is -3.02. The standard InChI is InChI=1S/C16H33O6P/c1-4-7-11-19-16(17)20-12-10-14-22-23(18,15-9-6-3)21-13-8-5-2/h4-15H2,1-3H3. The zero-order chi connectivity index (χ0) is 17.4. The normalized spacial score (nSPS) is 13.5. The minimum absolute atomic E-state index is 0.188. The monoisotopic (exact) mass is 352 g/mol. The van der Waals surface area contributed by atoms with Crippen molar-refractivity contribution >= 4 is 13.8 Å². The van der Waals surface area contributed by atoms with Gasteiger partial charge < -0.3 is 18.5 Å². The lowest BCUT2D eigenvalue weighted by atomic mass is 10.4. The summed E-state index contributed by atoms with van der Waals surface area (Å²) in [5.41, 5.74) is 0. The summed E-state index contributed by atoms with van der Waals surface area (Å²) >= 11 is 0. The molecular formula is C16H33O6P. The molecule has 7 heteroatoms. The number of unbranched alkanes of at least 4 members (excludes halogenated alkanes) is 3. The fourth-order valence-electron chi connectivity index (χ4n) is 1.63. The van der Waals surface area contributed by atoms with Crippen LogP contribution in [-0.2, 0) is 23.1 Å². The topological polar surface area (TPSA) is 71.1 Å². The maximum absolute atomic E-state index is 12.5. The van der Waals surface area contributed by atoms with Crippen molar-refractivity contribution < 1.29 is 27.9 Å². The summed E-state index contributed by atoms with van der Waals surface area (Å²) in [4.78, 5) is 11.2. The van der Waals surface area contributed by atoms with Gasteiger partial charge >= 0.3 is 13.8 Å². The van der Waals surface area contributed by atoms with Gasteiger partial charge in [-0.15, -0.1) is 0 Å². The third-order valence-corrected chi connectivity index (χ3v) is 5.10. The average Bonchev–Trinajstić information content (AvgIpc) is 2.53. The molecule has 0 amide bonds. The zero-order valence-corrected chi connectivity index (χ0v) is 15.8. The molecule has 0 saturated carbocycles. The Morgan fingerprint density at radius 3 is 1.78 bits per heavy atom. The maximum atomic E-state index is 12.5. The predicted molar refractivity (Wildman–Crippen MR) is 91.0 cm³/mol. The maximum Gasteiger partial charge on any atom is 0.508 e. The molecule has 0 aliphatic carbocycles. The summed E-state index contributed by atoms with van der Waals surface area (Å²) in [6.07, 6.45) is 5.64. The smallest absolute Gasteiger partial charge is 0.434 e.